The fourth-order valence-electron chi connectivity index (χ4n) is 13.8. The van der Waals surface area contributed by atoms with E-state index in [-0.39, 0.29) is 35.5 Å². The molecule has 6 aromatic carbocycles. The van der Waals surface area contributed by atoms with Crippen molar-refractivity contribution in [3.63, 3.8) is 0 Å². The highest BCUT2D eigenvalue weighted by atomic mass is 16.5. The molecule has 3 amide bonds. The van der Waals surface area contributed by atoms with Gasteiger partial charge in [-0.1, -0.05) is 178 Å². The Balaban J connectivity index is 0.680. The number of hydrogen-bond donors (Lipinski definition) is 3. The summed E-state index contributed by atoms with van der Waals surface area (Å²) in [5.41, 5.74) is 11.7. The highest BCUT2D eigenvalue weighted by Gasteiger charge is 2.49. The monoisotopic (exact) mass is 1230 g/mol. The number of nitrogens with zero attached hydrogens (tertiary/aromatic N) is 4. The van der Waals surface area contributed by atoms with Crippen molar-refractivity contribution >= 4 is 17.7 Å². The molecule has 470 valence electrons. The summed E-state index contributed by atoms with van der Waals surface area (Å²) in [5.74, 6) is 4.48. The van der Waals surface area contributed by atoms with E-state index in [1.54, 1.807) is 0 Å². The Bertz CT molecular complexity index is 3900. The third kappa shape index (κ3) is 16.9. The zero-order valence-electron chi connectivity index (χ0n) is 53.1. The van der Waals surface area contributed by atoms with Crippen molar-refractivity contribution in [1.29, 1.82) is 0 Å². The molecule has 3 heterocycles. The number of nitrogens with one attached hydrogen (secondary N) is 3. The number of amides is 3. The van der Waals surface area contributed by atoms with Crippen LogP contribution in [0.5, 0.6) is 23.4 Å². The van der Waals surface area contributed by atoms with E-state index in [9.17, 15) is 14.4 Å². The molecule has 4 aliphatic rings. The summed E-state index contributed by atoms with van der Waals surface area (Å²) in [6.07, 6.45) is 10.7. The fraction of sp³-hybridized carbons (Fsp3) is 0.329. The molecule has 4 aliphatic carbocycles. The fourth-order valence-corrected chi connectivity index (χ4v) is 13.8. The number of ether oxygens (including phenoxy) is 3. The van der Waals surface area contributed by atoms with Crippen LogP contribution in [0.15, 0.2) is 194 Å². The number of carbonyl (C=O) groups is 3. The molecule has 4 fully saturated rings. The van der Waals surface area contributed by atoms with Gasteiger partial charge in [0.25, 0.3) is 17.7 Å². The van der Waals surface area contributed by atoms with Gasteiger partial charge in [-0.3, -0.25) is 14.4 Å². The van der Waals surface area contributed by atoms with E-state index < -0.39 is 0 Å². The number of benzene rings is 6. The molecular formula is C79H83N7O6. The molecule has 4 bridgehead atoms. The normalized spacial score (nSPS) is 17.4. The van der Waals surface area contributed by atoms with E-state index in [0.717, 1.165) is 73.9 Å². The molecule has 0 saturated heterocycles. The van der Waals surface area contributed by atoms with Gasteiger partial charge in [-0.15, -0.1) is 0 Å². The minimum atomic E-state index is -0.263. The van der Waals surface area contributed by atoms with Crippen LogP contribution >= 0.6 is 0 Å². The van der Waals surface area contributed by atoms with Crippen molar-refractivity contribution in [2.45, 2.75) is 110 Å². The first kappa shape index (κ1) is 62.7. The highest BCUT2D eigenvalue weighted by molar-refractivity contribution is 5.93. The van der Waals surface area contributed by atoms with Gasteiger partial charge in [-0.2, -0.15) is 4.98 Å². The van der Waals surface area contributed by atoms with E-state index >= 15 is 0 Å². The molecule has 3 N–H and O–H groups in total. The number of aromatic nitrogens is 4. The van der Waals surface area contributed by atoms with Crippen LogP contribution in [0.1, 0.15) is 148 Å². The number of rotatable bonds is 28. The lowest BCUT2D eigenvalue weighted by molar-refractivity contribution is -0.0121. The topological polar surface area (TPSA) is 167 Å². The minimum absolute atomic E-state index is 0.114. The van der Waals surface area contributed by atoms with Gasteiger partial charge in [0, 0.05) is 43.2 Å². The smallest absolute Gasteiger partial charge is 0.289 e. The summed E-state index contributed by atoms with van der Waals surface area (Å²) in [6, 6.07) is 64.5. The first-order valence-corrected chi connectivity index (χ1v) is 33.0. The van der Waals surface area contributed by atoms with Crippen molar-refractivity contribution in [3.05, 3.63) is 262 Å². The molecule has 13 nitrogen and oxygen atoms in total. The minimum Gasteiger partial charge on any atom is -0.477 e. The van der Waals surface area contributed by atoms with Crippen LogP contribution in [-0.2, 0) is 38.7 Å². The summed E-state index contributed by atoms with van der Waals surface area (Å²) >= 11 is 0. The van der Waals surface area contributed by atoms with Gasteiger partial charge in [0.2, 0.25) is 23.5 Å². The summed E-state index contributed by atoms with van der Waals surface area (Å²) in [5, 5.41) is 9.71. The average Bonchev–Trinajstić information content (AvgIpc) is 0.805. The Morgan fingerprint density at radius 2 is 1.08 bits per heavy atom. The first-order valence-electron chi connectivity index (χ1n) is 33.0. The second-order valence-electron chi connectivity index (χ2n) is 26.1. The lowest BCUT2D eigenvalue weighted by atomic mass is 9.54. The van der Waals surface area contributed by atoms with Gasteiger partial charge in [-0.25, -0.2) is 15.0 Å². The summed E-state index contributed by atoms with van der Waals surface area (Å²) in [4.78, 5) is 61.2. The predicted octanol–water partition coefficient (Wildman–Crippen LogP) is 15.0. The third-order valence-corrected chi connectivity index (χ3v) is 18.4. The Morgan fingerprint density at radius 3 is 1.72 bits per heavy atom. The predicted molar refractivity (Wildman–Crippen MR) is 360 cm³/mol. The van der Waals surface area contributed by atoms with Crippen LogP contribution in [0.3, 0.4) is 0 Å². The summed E-state index contributed by atoms with van der Waals surface area (Å²) in [6.45, 7) is 8.15. The molecule has 1 unspecified atom stereocenters. The van der Waals surface area contributed by atoms with Crippen LogP contribution in [0.2, 0.25) is 0 Å². The van der Waals surface area contributed by atoms with Gasteiger partial charge in [-0.05, 0) is 180 Å². The molecule has 0 radical (unpaired) electrons. The van der Waals surface area contributed by atoms with E-state index in [1.807, 2.05) is 121 Å². The molecule has 4 saturated carbocycles. The lowest BCUT2D eigenvalue weighted by Gasteiger charge is -2.54. The van der Waals surface area contributed by atoms with E-state index in [1.165, 1.54) is 32.1 Å². The Morgan fingerprint density at radius 1 is 0.500 bits per heavy atom. The highest BCUT2D eigenvalue weighted by Crippen LogP contribution is 2.54. The van der Waals surface area contributed by atoms with Crippen LogP contribution < -0.4 is 30.2 Å². The van der Waals surface area contributed by atoms with E-state index in [0.29, 0.717) is 123 Å². The standard InChI is InChI=1S/C79H83N7O6/c1-52(2)34-37-90-79-69(38-53(3)32-35-80-76(87)70-47-61(39-55-16-8-4-9-17-55)48-72(83-70)91-51-58-20-12-6-13-21-58)64(41-56-18-10-5-11-19-56)49-71(84-79)77(88)81-36-33-54-24-28-62(29-25-54)63-30-26-57(27-31-63)46-67-50-73(92-68-22-14-7-15-23-68)85-75(82-67)78(89)86-74-65-42-59-40-60(44-65)45-66(74)43-59/h4-31,47-50,52-53,59-60,65-66,74H,32-46,51H2,1-3H3,(H,80,87)(H,81,88)(H,86,89). The van der Waals surface area contributed by atoms with Gasteiger partial charge in [0.1, 0.15) is 23.7 Å². The van der Waals surface area contributed by atoms with Crippen molar-refractivity contribution in [1.82, 2.24) is 35.9 Å². The number of hydrogen-bond acceptors (Lipinski definition) is 10. The summed E-state index contributed by atoms with van der Waals surface area (Å²) < 4.78 is 18.9. The van der Waals surface area contributed by atoms with Crippen LogP contribution in [0, 0.1) is 35.5 Å². The van der Waals surface area contributed by atoms with Gasteiger partial charge in [0.15, 0.2) is 0 Å². The van der Waals surface area contributed by atoms with Crippen molar-refractivity contribution in [2.24, 2.45) is 35.5 Å². The largest absolute Gasteiger partial charge is 0.477 e. The van der Waals surface area contributed by atoms with E-state index in [4.69, 9.17) is 24.2 Å². The van der Waals surface area contributed by atoms with Crippen molar-refractivity contribution < 1.29 is 28.6 Å². The molecule has 13 rings (SSSR count). The number of pyridine rings is 2. The van der Waals surface area contributed by atoms with Crippen molar-refractivity contribution in [3.8, 4) is 34.5 Å². The van der Waals surface area contributed by atoms with E-state index in [2.05, 4.69) is 119 Å². The van der Waals surface area contributed by atoms with Crippen LogP contribution in [-0.4, -0.2) is 63.4 Å². The average molecular weight is 1230 g/mol. The maximum absolute atomic E-state index is 14.2. The maximum Gasteiger partial charge on any atom is 0.289 e. The van der Waals surface area contributed by atoms with Crippen molar-refractivity contribution in [2.75, 3.05) is 19.7 Å². The Labute approximate surface area is 541 Å². The molecular weight excluding hydrogens is 1140 g/mol. The molecule has 3 aromatic heterocycles. The molecule has 0 spiro atoms. The molecule has 92 heavy (non-hydrogen) atoms. The van der Waals surface area contributed by atoms with Gasteiger partial charge >= 0.3 is 0 Å². The Hall–Kier alpha value is -9.49. The van der Waals surface area contributed by atoms with Crippen LogP contribution in [0.4, 0.5) is 0 Å². The SMILES string of the molecule is CC(C)CCOc1nc(C(=O)NCCc2ccc(-c3ccc(Cc4cc(Oc5ccccc5)nc(C(=O)NC5C6CC7CC(C6)CC5C7)n4)cc3)cc2)cc(Cc2ccccc2)c1CC(C)CCNC(=O)c1cc(Cc2ccccc2)cc(OCc2ccccc2)n1. The van der Waals surface area contributed by atoms with Gasteiger partial charge in [0.05, 0.1) is 12.3 Å². The molecule has 13 heteroatoms. The zero-order valence-corrected chi connectivity index (χ0v) is 53.1. The third-order valence-electron chi connectivity index (χ3n) is 18.4. The Kier molecular flexibility index (Phi) is 20.5. The molecule has 9 aromatic rings. The van der Waals surface area contributed by atoms with Crippen LogP contribution in [0.25, 0.3) is 11.1 Å². The quantitative estimate of drug-likeness (QED) is 0.0430. The second kappa shape index (κ2) is 30.1. The summed E-state index contributed by atoms with van der Waals surface area (Å²) in [7, 11) is 0. The molecule has 1 atom stereocenters. The zero-order chi connectivity index (χ0) is 63.2. The molecule has 0 aliphatic heterocycles. The van der Waals surface area contributed by atoms with Gasteiger partial charge < -0.3 is 30.2 Å². The lowest BCUT2D eigenvalue weighted by Crippen LogP contribution is -2.56. The maximum atomic E-state index is 14.2. The number of carbonyl (C=O) groups excluding carboxylic acids is 3. The number of para-hydroxylation sites is 1. The first-order chi connectivity index (χ1) is 44.9. The second-order valence-corrected chi connectivity index (χ2v) is 26.1.